The van der Waals surface area contributed by atoms with E-state index in [1.54, 1.807) is 0 Å². The van der Waals surface area contributed by atoms with Gasteiger partial charge in [-0.3, -0.25) is 4.79 Å². The van der Waals surface area contributed by atoms with Gasteiger partial charge in [-0.2, -0.15) is 0 Å². The van der Waals surface area contributed by atoms with Crippen molar-refractivity contribution >= 4 is 5.97 Å². The molecule has 1 aliphatic carbocycles. The SMILES string of the molecule is O=C(O)C1(CC2CCC2)COC1. The summed E-state index contributed by atoms with van der Waals surface area (Å²) < 4.78 is 4.99. The topological polar surface area (TPSA) is 46.5 Å². The van der Waals surface area contributed by atoms with Crippen LogP contribution in [0.2, 0.25) is 0 Å². The average molecular weight is 170 g/mol. The van der Waals surface area contributed by atoms with Crippen molar-refractivity contribution in [2.24, 2.45) is 11.3 Å². The first-order valence-electron chi connectivity index (χ1n) is 4.54. The van der Waals surface area contributed by atoms with Gasteiger partial charge in [0.1, 0.15) is 5.41 Å². The first-order chi connectivity index (χ1) is 5.73. The second kappa shape index (κ2) is 2.73. The Hall–Kier alpha value is -0.570. The van der Waals surface area contributed by atoms with E-state index in [1.165, 1.54) is 19.3 Å². The van der Waals surface area contributed by atoms with Crippen molar-refractivity contribution in [2.75, 3.05) is 13.2 Å². The predicted octanol–water partition coefficient (Wildman–Crippen LogP) is 1.28. The highest BCUT2D eigenvalue weighted by Gasteiger charge is 2.48. The van der Waals surface area contributed by atoms with Crippen LogP contribution < -0.4 is 0 Å². The van der Waals surface area contributed by atoms with E-state index in [-0.39, 0.29) is 0 Å². The Labute approximate surface area is 71.7 Å². The van der Waals surface area contributed by atoms with Gasteiger partial charge in [-0.1, -0.05) is 19.3 Å². The summed E-state index contributed by atoms with van der Waals surface area (Å²) in [7, 11) is 0. The zero-order valence-electron chi connectivity index (χ0n) is 7.08. The smallest absolute Gasteiger partial charge is 0.314 e. The lowest BCUT2D eigenvalue weighted by Crippen LogP contribution is -2.50. The van der Waals surface area contributed by atoms with E-state index >= 15 is 0 Å². The molecule has 0 atom stereocenters. The second-order valence-electron chi connectivity index (χ2n) is 4.08. The number of carboxylic acids is 1. The maximum absolute atomic E-state index is 10.9. The van der Waals surface area contributed by atoms with Gasteiger partial charge >= 0.3 is 5.97 Å². The molecule has 0 aromatic rings. The maximum atomic E-state index is 10.9. The normalized spacial score (nSPS) is 27.3. The summed E-state index contributed by atoms with van der Waals surface area (Å²) in [5, 5.41) is 8.97. The van der Waals surface area contributed by atoms with Crippen molar-refractivity contribution in [3.05, 3.63) is 0 Å². The third kappa shape index (κ3) is 1.12. The van der Waals surface area contributed by atoms with Crippen molar-refractivity contribution in [1.29, 1.82) is 0 Å². The molecule has 0 spiro atoms. The average Bonchev–Trinajstić information content (AvgIpc) is 1.80. The Kier molecular flexibility index (Phi) is 1.83. The lowest BCUT2D eigenvalue weighted by atomic mass is 9.70. The summed E-state index contributed by atoms with van der Waals surface area (Å²) in [6.45, 7) is 0.859. The molecule has 2 rings (SSSR count). The number of carbonyl (C=O) groups is 1. The molecule has 0 amide bonds. The predicted molar refractivity (Wildman–Crippen MR) is 42.8 cm³/mol. The van der Waals surface area contributed by atoms with Gasteiger partial charge in [0.05, 0.1) is 13.2 Å². The number of hydrogen-bond acceptors (Lipinski definition) is 2. The van der Waals surface area contributed by atoms with Crippen molar-refractivity contribution < 1.29 is 14.6 Å². The van der Waals surface area contributed by atoms with Crippen molar-refractivity contribution in [2.45, 2.75) is 25.7 Å². The van der Waals surface area contributed by atoms with Crippen LogP contribution in [0.4, 0.5) is 0 Å². The Morgan fingerprint density at radius 1 is 1.50 bits per heavy atom. The molecule has 0 unspecified atom stereocenters. The number of aliphatic carboxylic acids is 1. The van der Waals surface area contributed by atoms with Crippen LogP contribution in [0.1, 0.15) is 25.7 Å². The molecule has 1 saturated carbocycles. The molecule has 1 aliphatic heterocycles. The third-order valence-electron chi connectivity index (χ3n) is 3.11. The monoisotopic (exact) mass is 170 g/mol. The maximum Gasteiger partial charge on any atom is 0.314 e. The van der Waals surface area contributed by atoms with Gasteiger partial charge in [0, 0.05) is 0 Å². The highest BCUT2D eigenvalue weighted by atomic mass is 16.5. The molecule has 0 bridgehead atoms. The van der Waals surface area contributed by atoms with E-state index in [0.29, 0.717) is 19.1 Å². The molecule has 0 radical (unpaired) electrons. The first-order valence-corrected chi connectivity index (χ1v) is 4.54. The van der Waals surface area contributed by atoms with Gasteiger partial charge in [0.2, 0.25) is 0 Å². The third-order valence-corrected chi connectivity index (χ3v) is 3.11. The molecule has 0 aromatic carbocycles. The number of rotatable bonds is 3. The summed E-state index contributed by atoms with van der Waals surface area (Å²) in [5.74, 6) is -0.00866. The summed E-state index contributed by atoms with van der Waals surface area (Å²) in [5.41, 5.74) is -0.509. The summed E-state index contributed by atoms with van der Waals surface area (Å²) in [6, 6.07) is 0. The quantitative estimate of drug-likeness (QED) is 0.694. The van der Waals surface area contributed by atoms with E-state index in [1.807, 2.05) is 0 Å². The molecule has 68 valence electrons. The molecule has 3 nitrogen and oxygen atoms in total. The molecule has 3 heteroatoms. The Morgan fingerprint density at radius 2 is 2.17 bits per heavy atom. The highest BCUT2D eigenvalue weighted by Crippen LogP contribution is 2.41. The first kappa shape index (κ1) is 8.05. The molecule has 1 heterocycles. The molecular formula is C9H14O3. The van der Waals surface area contributed by atoms with E-state index in [9.17, 15) is 4.79 Å². The zero-order valence-corrected chi connectivity index (χ0v) is 7.08. The van der Waals surface area contributed by atoms with Crippen LogP contribution >= 0.6 is 0 Å². The molecule has 1 N–H and O–H groups in total. The van der Waals surface area contributed by atoms with Crippen LogP contribution in [0, 0.1) is 11.3 Å². The van der Waals surface area contributed by atoms with Crippen LogP contribution in [-0.4, -0.2) is 24.3 Å². The van der Waals surface area contributed by atoms with Gasteiger partial charge in [-0.05, 0) is 12.3 Å². The molecule has 12 heavy (non-hydrogen) atoms. The number of ether oxygens (including phenoxy) is 1. The fourth-order valence-electron chi connectivity index (χ4n) is 1.93. The fourth-order valence-corrected chi connectivity index (χ4v) is 1.93. The minimum absolute atomic E-state index is 0.429. The Morgan fingerprint density at radius 3 is 2.42 bits per heavy atom. The van der Waals surface area contributed by atoms with Crippen LogP contribution in [0.25, 0.3) is 0 Å². The number of hydrogen-bond donors (Lipinski definition) is 1. The minimum Gasteiger partial charge on any atom is -0.481 e. The van der Waals surface area contributed by atoms with Gasteiger partial charge in [-0.15, -0.1) is 0 Å². The summed E-state index contributed by atoms with van der Waals surface area (Å²) >= 11 is 0. The molecule has 2 aliphatic rings. The van der Waals surface area contributed by atoms with Crippen molar-refractivity contribution in [3.8, 4) is 0 Å². The minimum atomic E-state index is -0.666. The van der Waals surface area contributed by atoms with Crippen molar-refractivity contribution in [1.82, 2.24) is 0 Å². The van der Waals surface area contributed by atoms with E-state index in [4.69, 9.17) is 9.84 Å². The second-order valence-corrected chi connectivity index (χ2v) is 4.08. The van der Waals surface area contributed by atoms with Crippen LogP contribution in [0.3, 0.4) is 0 Å². The molecular weight excluding hydrogens is 156 g/mol. The summed E-state index contributed by atoms with van der Waals surface area (Å²) in [6.07, 6.45) is 4.55. The highest BCUT2D eigenvalue weighted by molar-refractivity contribution is 5.75. The zero-order chi connectivity index (χ0) is 8.60. The number of carboxylic acid groups (broad SMARTS) is 1. The summed E-state index contributed by atoms with van der Waals surface area (Å²) in [4.78, 5) is 10.9. The van der Waals surface area contributed by atoms with Gasteiger partial charge in [0.15, 0.2) is 0 Å². The molecule has 1 saturated heterocycles. The fraction of sp³-hybridized carbons (Fsp3) is 0.889. The van der Waals surface area contributed by atoms with Gasteiger partial charge in [-0.25, -0.2) is 0 Å². The lowest BCUT2D eigenvalue weighted by Gasteiger charge is -2.41. The molecule has 0 aromatic heterocycles. The van der Waals surface area contributed by atoms with E-state index in [0.717, 1.165) is 6.42 Å². The van der Waals surface area contributed by atoms with Crippen molar-refractivity contribution in [3.63, 3.8) is 0 Å². The van der Waals surface area contributed by atoms with Gasteiger partial charge in [0.25, 0.3) is 0 Å². The van der Waals surface area contributed by atoms with Crippen LogP contribution in [0.5, 0.6) is 0 Å². The molecule has 2 fully saturated rings. The van der Waals surface area contributed by atoms with Crippen LogP contribution in [0.15, 0.2) is 0 Å². The van der Waals surface area contributed by atoms with Gasteiger partial charge < -0.3 is 9.84 Å². The van der Waals surface area contributed by atoms with E-state index in [2.05, 4.69) is 0 Å². The van der Waals surface area contributed by atoms with E-state index < -0.39 is 11.4 Å². The standard InChI is InChI=1S/C9H14O3/c10-8(11)9(5-12-6-9)4-7-2-1-3-7/h7H,1-6H2,(H,10,11). The lowest BCUT2D eigenvalue weighted by molar-refractivity contribution is -0.184. The van der Waals surface area contributed by atoms with Crippen LogP contribution in [-0.2, 0) is 9.53 Å². The Bertz CT molecular complexity index is 192. The Balaban J connectivity index is 1.92. The largest absolute Gasteiger partial charge is 0.481 e.